The van der Waals surface area contributed by atoms with Crippen molar-refractivity contribution in [3.63, 3.8) is 0 Å². The first kappa shape index (κ1) is 11.4. The number of nitrogens with zero attached hydrogens (tertiary/aromatic N) is 1. The van der Waals surface area contributed by atoms with E-state index in [4.69, 9.17) is 0 Å². The van der Waals surface area contributed by atoms with Crippen LogP contribution in [0.1, 0.15) is 21.1 Å². The fourth-order valence-electron chi connectivity index (χ4n) is 1.34. The van der Waals surface area contributed by atoms with Gasteiger partial charge in [-0.3, -0.25) is 4.79 Å². The van der Waals surface area contributed by atoms with Crippen molar-refractivity contribution in [1.29, 1.82) is 0 Å². The van der Waals surface area contributed by atoms with Crippen LogP contribution in [0, 0.1) is 6.92 Å². The van der Waals surface area contributed by atoms with E-state index in [9.17, 15) is 4.79 Å². The summed E-state index contributed by atoms with van der Waals surface area (Å²) in [5.74, 6) is 0.815. The maximum absolute atomic E-state index is 10.8. The van der Waals surface area contributed by atoms with Gasteiger partial charge in [-0.1, -0.05) is 18.2 Å². The van der Waals surface area contributed by atoms with Crippen molar-refractivity contribution in [3.8, 4) is 0 Å². The van der Waals surface area contributed by atoms with Gasteiger partial charge in [0.1, 0.15) is 0 Å². The highest BCUT2D eigenvalue weighted by Gasteiger charge is 2.03. The SMILES string of the molecule is Cc1nc(CSc2ccccc2C=O)cs1. The van der Waals surface area contributed by atoms with Crippen molar-refractivity contribution < 1.29 is 4.79 Å². The molecule has 0 N–H and O–H groups in total. The summed E-state index contributed by atoms with van der Waals surface area (Å²) in [6.45, 7) is 2.00. The van der Waals surface area contributed by atoms with Crippen molar-refractivity contribution in [2.24, 2.45) is 0 Å². The Morgan fingerprint density at radius 1 is 1.44 bits per heavy atom. The standard InChI is InChI=1S/C12H11NOS2/c1-9-13-11(7-15-9)8-16-12-5-3-2-4-10(12)6-14/h2-7H,8H2,1H3. The van der Waals surface area contributed by atoms with E-state index < -0.39 is 0 Å². The number of carbonyl (C=O) groups is 1. The Morgan fingerprint density at radius 2 is 2.25 bits per heavy atom. The first-order valence-corrected chi connectivity index (χ1v) is 6.74. The van der Waals surface area contributed by atoms with E-state index in [1.165, 1.54) is 0 Å². The van der Waals surface area contributed by atoms with Crippen LogP contribution in [-0.2, 0) is 5.75 Å². The predicted octanol–water partition coefficient (Wildman–Crippen LogP) is 3.56. The van der Waals surface area contributed by atoms with Gasteiger partial charge in [-0.25, -0.2) is 4.98 Å². The quantitative estimate of drug-likeness (QED) is 0.613. The normalized spacial score (nSPS) is 10.3. The number of hydrogen-bond acceptors (Lipinski definition) is 4. The molecule has 0 amide bonds. The van der Waals surface area contributed by atoms with Gasteiger partial charge in [-0.15, -0.1) is 23.1 Å². The largest absolute Gasteiger partial charge is 0.298 e. The van der Waals surface area contributed by atoms with Crippen LogP contribution in [0.5, 0.6) is 0 Å². The van der Waals surface area contributed by atoms with Crippen LogP contribution in [0.15, 0.2) is 34.5 Å². The number of carbonyl (C=O) groups excluding carboxylic acids is 1. The molecule has 16 heavy (non-hydrogen) atoms. The second kappa shape index (κ2) is 5.27. The van der Waals surface area contributed by atoms with E-state index >= 15 is 0 Å². The molecule has 0 radical (unpaired) electrons. The number of thioether (sulfide) groups is 1. The topological polar surface area (TPSA) is 30.0 Å². The third-order valence-corrected chi connectivity index (χ3v) is 4.03. The molecule has 4 heteroatoms. The molecule has 1 aromatic carbocycles. The van der Waals surface area contributed by atoms with E-state index in [1.54, 1.807) is 23.1 Å². The Morgan fingerprint density at radius 3 is 2.94 bits per heavy atom. The van der Waals surface area contributed by atoms with Crippen LogP contribution in [0.3, 0.4) is 0 Å². The number of rotatable bonds is 4. The Hall–Kier alpha value is -1.13. The predicted molar refractivity (Wildman–Crippen MR) is 68.2 cm³/mol. The Kier molecular flexibility index (Phi) is 3.74. The van der Waals surface area contributed by atoms with Crippen LogP contribution >= 0.6 is 23.1 Å². The lowest BCUT2D eigenvalue weighted by atomic mass is 10.2. The van der Waals surface area contributed by atoms with E-state index in [0.717, 1.165) is 33.2 Å². The first-order valence-electron chi connectivity index (χ1n) is 4.87. The van der Waals surface area contributed by atoms with Gasteiger partial charge in [0.15, 0.2) is 6.29 Å². The Balaban J connectivity index is 2.07. The van der Waals surface area contributed by atoms with Crippen molar-refractivity contribution in [2.75, 3.05) is 0 Å². The molecule has 0 atom stereocenters. The number of aryl methyl sites for hydroxylation is 1. The second-order valence-electron chi connectivity index (χ2n) is 3.30. The lowest BCUT2D eigenvalue weighted by molar-refractivity contribution is 0.112. The van der Waals surface area contributed by atoms with Gasteiger partial charge in [-0.2, -0.15) is 0 Å². The molecule has 1 aromatic heterocycles. The summed E-state index contributed by atoms with van der Waals surface area (Å²) in [4.78, 5) is 16.2. The highest BCUT2D eigenvalue weighted by molar-refractivity contribution is 7.98. The molecule has 0 bridgehead atoms. The van der Waals surface area contributed by atoms with Crippen LogP contribution in [0.25, 0.3) is 0 Å². The van der Waals surface area contributed by atoms with Gasteiger partial charge in [0, 0.05) is 21.6 Å². The van der Waals surface area contributed by atoms with Gasteiger partial charge >= 0.3 is 0 Å². The van der Waals surface area contributed by atoms with Crippen molar-refractivity contribution in [2.45, 2.75) is 17.6 Å². The molecule has 0 saturated carbocycles. The third-order valence-electron chi connectivity index (χ3n) is 2.09. The van der Waals surface area contributed by atoms with Crippen LogP contribution in [0.2, 0.25) is 0 Å². The van der Waals surface area contributed by atoms with Gasteiger partial charge in [0.2, 0.25) is 0 Å². The number of hydrogen-bond donors (Lipinski definition) is 0. The number of benzene rings is 1. The van der Waals surface area contributed by atoms with Crippen LogP contribution < -0.4 is 0 Å². The zero-order valence-corrected chi connectivity index (χ0v) is 10.5. The van der Waals surface area contributed by atoms with Gasteiger partial charge in [0.25, 0.3) is 0 Å². The minimum absolute atomic E-state index is 0.749. The average Bonchev–Trinajstić information content (AvgIpc) is 2.73. The number of aldehydes is 1. The fraction of sp³-hybridized carbons (Fsp3) is 0.167. The molecule has 0 saturated heterocycles. The number of thiazole rings is 1. The van der Waals surface area contributed by atoms with Crippen molar-refractivity contribution in [3.05, 3.63) is 45.9 Å². The first-order chi connectivity index (χ1) is 7.79. The summed E-state index contributed by atoms with van der Waals surface area (Å²) in [6.07, 6.45) is 0.897. The van der Waals surface area contributed by atoms with Gasteiger partial charge < -0.3 is 0 Å². The molecule has 0 aliphatic heterocycles. The molecule has 2 aromatic rings. The second-order valence-corrected chi connectivity index (χ2v) is 5.38. The van der Waals surface area contributed by atoms with Crippen LogP contribution in [-0.4, -0.2) is 11.3 Å². The maximum atomic E-state index is 10.8. The lowest BCUT2D eigenvalue weighted by Gasteiger charge is -2.02. The number of aromatic nitrogens is 1. The summed E-state index contributed by atoms with van der Waals surface area (Å²) in [5.41, 5.74) is 1.83. The smallest absolute Gasteiger partial charge is 0.151 e. The van der Waals surface area contributed by atoms with Gasteiger partial charge in [-0.05, 0) is 13.0 Å². The molecule has 2 nitrogen and oxygen atoms in total. The van der Waals surface area contributed by atoms with E-state index in [2.05, 4.69) is 10.4 Å². The summed E-state index contributed by atoms with van der Waals surface area (Å²) >= 11 is 3.31. The molecule has 0 aliphatic carbocycles. The summed E-state index contributed by atoms with van der Waals surface area (Å²) < 4.78 is 0. The van der Waals surface area contributed by atoms with E-state index in [0.29, 0.717) is 0 Å². The zero-order chi connectivity index (χ0) is 11.4. The lowest BCUT2D eigenvalue weighted by Crippen LogP contribution is -1.86. The minimum atomic E-state index is 0.749. The average molecular weight is 249 g/mol. The molecular formula is C12H11NOS2. The Bertz CT molecular complexity index is 493. The molecule has 0 spiro atoms. The van der Waals surface area contributed by atoms with E-state index in [-0.39, 0.29) is 0 Å². The maximum Gasteiger partial charge on any atom is 0.151 e. The fourth-order valence-corrected chi connectivity index (χ4v) is 2.96. The molecule has 2 rings (SSSR count). The van der Waals surface area contributed by atoms with Gasteiger partial charge in [0.05, 0.1) is 10.7 Å². The minimum Gasteiger partial charge on any atom is -0.298 e. The Labute approximate surface area is 103 Å². The highest BCUT2D eigenvalue weighted by Crippen LogP contribution is 2.25. The van der Waals surface area contributed by atoms with Crippen molar-refractivity contribution in [1.82, 2.24) is 4.98 Å². The molecule has 0 unspecified atom stereocenters. The van der Waals surface area contributed by atoms with E-state index in [1.807, 2.05) is 31.2 Å². The molecule has 1 heterocycles. The summed E-state index contributed by atoms with van der Waals surface area (Å²) in [6, 6.07) is 7.62. The highest BCUT2D eigenvalue weighted by atomic mass is 32.2. The summed E-state index contributed by atoms with van der Waals surface area (Å²) in [7, 11) is 0. The molecule has 82 valence electrons. The summed E-state index contributed by atoms with van der Waals surface area (Å²) in [5, 5.41) is 3.14. The molecule has 0 fully saturated rings. The molecular weight excluding hydrogens is 238 g/mol. The monoisotopic (exact) mass is 249 g/mol. The van der Waals surface area contributed by atoms with Crippen molar-refractivity contribution >= 4 is 29.4 Å². The zero-order valence-electron chi connectivity index (χ0n) is 8.84. The molecule has 0 aliphatic rings. The third kappa shape index (κ3) is 2.71. The van der Waals surface area contributed by atoms with Crippen LogP contribution in [0.4, 0.5) is 0 Å².